The van der Waals surface area contributed by atoms with Gasteiger partial charge in [0.2, 0.25) is 0 Å². The van der Waals surface area contributed by atoms with Gasteiger partial charge in [0, 0.05) is 12.4 Å². The minimum Gasteiger partial charge on any atom is -0.491 e. The normalized spacial score (nSPS) is 10.0. The predicted octanol–water partition coefficient (Wildman–Crippen LogP) is 2.38. The van der Waals surface area contributed by atoms with E-state index in [9.17, 15) is 0 Å². The first-order valence-electron chi connectivity index (χ1n) is 6.62. The number of anilines is 2. The smallest absolute Gasteiger partial charge is 0.191 e. The summed E-state index contributed by atoms with van der Waals surface area (Å²) in [6.45, 7) is 0. The molecule has 0 amide bonds. The highest BCUT2D eigenvalue weighted by atomic mass is 16.5. The molecule has 0 saturated carbocycles. The van der Waals surface area contributed by atoms with Gasteiger partial charge in [-0.2, -0.15) is 0 Å². The van der Waals surface area contributed by atoms with Gasteiger partial charge in [0.05, 0.1) is 13.3 Å². The van der Waals surface area contributed by atoms with Crippen LogP contribution in [0.25, 0.3) is 11.5 Å². The van der Waals surface area contributed by atoms with Crippen molar-refractivity contribution in [1.29, 1.82) is 0 Å². The Morgan fingerprint density at radius 1 is 0.909 bits per heavy atom. The molecule has 7 nitrogen and oxygen atoms in total. The van der Waals surface area contributed by atoms with Crippen LogP contribution in [0.3, 0.4) is 0 Å². The molecule has 0 saturated heterocycles. The molecule has 2 N–H and O–H groups in total. The van der Waals surface area contributed by atoms with Gasteiger partial charge in [-0.25, -0.2) is 15.0 Å². The molecule has 0 bridgehead atoms. The third-order valence-corrected chi connectivity index (χ3v) is 2.84. The maximum Gasteiger partial charge on any atom is 0.191 e. The van der Waals surface area contributed by atoms with Crippen molar-refractivity contribution in [2.24, 2.45) is 0 Å². The van der Waals surface area contributed by atoms with Crippen LogP contribution in [0, 0.1) is 0 Å². The van der Waals surface area contributed by atoms with E-state index < -0.39 is 0 Å². The number of nitrogens with zero attached hydrogens (tertiary/aromatic N) is 4. The number of hydrazine groups is 1. The monoisotopic (exact) mass is 294 g/mol. The number of nitrogens with one attached hydrogen (secondary N) is 2. The van der Waals surface area contributed by atoms with Gasteiger partial charge in [0.15, 0.2) is 17.4 Å². The number of hydrogen-bond acceptors (Lipinski definition) is 7. The topological polar surface area (TPSA) is 84.9 Å². The fourth-order valence-corrected chi connectivity index (χ4v) is 1.79. The van der Waals surface area contributed by atoms with Crippen LogP contribution in [0.2, 0.25) is 0 Å². The van der Waals surface area contributed by atoms with E-state index >= 15 is 0 Å². The summed E-state index contributed by atoms with van der Waals surface area (Å²) in [5.74, 6) is 2.20. The van der Waals surface area contributed by atoms with E-state index in [0.29, 0.717) is 28.9 Å². The van der Waals surface area contributed by atoms with Gasteiger partial charge in [0.1, 0.15) is 11.5 Å². The van der Waals surface area contributed by atoms with Crippen LogP contribution in [0.1, 0.15) is 0 Å². The Kier molecular flexibility index (Phi) is 4.05. The lowest BCUT2D eigenvalue weighted by Gasteiger charge is -2.12. The summed E-state index contributed by atoms with van der Waals surface area (Å²) in [5, 5.41) is 0. The zero-order chi connectivity index (χ0) is 15.2. The lowest BCUT2D eigenvalue weighted by atomic mass is 10.3. The van der Waals surface area contributed by atoms with Crippen molar-refractivity contribution < 1.29 is 4.74 Å². The molecular weight excluding hydrogens is 280 g/mol. The second-order valence-electron chi connectivity index (χ2n) is 4.29. The van der Waals surface area contributed by atoms with E-state index in [-0.39, 0.29) is 0 Å². The molecular formula is C15H14N6O. The molecule has 0 aliphatic heterocycles. The molecule has 3 rings (SSSR count). The molecule has 0 radical (unpaired) electrons. The van der Waals surface area contributed by atoms with Crippen molar-refractivity contribution >= 4 is 11.6 Å². The standard InChI is InChI=1S/C15H14N6O/c1-22-12-10-18-14(11-6-2-4-8-16-11)19-15(12)21-20-13-7-3-5-9-17-13/h2-10H,1H3,(H,17,20)(H,18,19,21). The van der Waals surface area contributed by atoms with Crippen LogP contribution in [0.5, 0.6) is 5.75 Å². The Bertz CT molecular complexity index is 736. The highest BCUT2D eigenvalue weighted by Gasteiger charge is 2.09. The van der Waals surface area contributed by atoms with Crippen molar-refractivity contribution in [3.63, 3.8) is 0 Å². The molecule has 110 valence electrons. The lowest BCUT2D eigenvalue weighted by molar-refractivity contribution is 0.413. The summed E-state index contributed by atoms with van der Waals surface area (Å²) in [6.07, 6.45) is 4.99. The van der Waals surface area contributed by atoms with E-state index in [1.165, 1.54) is 0 Å². The molecule has 22 heavy (non-hydrogen) atoms. The van der Waals surface area contributed by atoms with Gasteiger partial charge in [-0.1, -0.05) is 12.1 Å². The molecule has 0 unspecified atom stereocenters. The Hall–Kier alpha value is -3.22. The van der Waals surface area contributed by atoms with E-state index in [1.54, 1.807) is 25.7 Å². The van der Waals surface area contributed by atoms with Crippen LogP contribution in [-0.2, 0) is 0 Å². The van der Waals surface area contributed by atoms with Gasteiger partial charge in [-0.3, -0.25) is 15.8 Å². The highest BCUT2D eigenvalue weighted by molar-refractivity contribution is 5.58. The Labute approximate surface area is 127 Å². The Balaban J connectivity index is 1.85. The number of methoxy groups -OCH3 is 1. The first-order valence-corrected chi connectivity index (χ1v) is 6.62. The quantitative estimate of drug-likeness (QED) is 0.699. The van der Waals surface area contributed by atoms with Crippen molar-refractivity contribution in [1.82, 2.24) is 19.9 Å². The molecule has 0 aliphatic carbocycles. The SMILES string of the molecule is COc1cnc(-c2ccccn2)nc1NNc1ccccn1. The minimum absolute atomic E-state index is 0.504. The average molecular weight is 294 g/mol. The van der Waals surface area contributed by atoms with Crippen LogP contribution in [0.4, 0.5) is 11.6 Å². The summed E-state index contributed by atoms with van der Waals surface area (Å²) in [6, 6.07) is 11.1. The van der Waals surface area contributed by atoms with E-state index in [2.05, 4.69) is 30.8 Å². The second kappa shape index (κ2) is 6.49. The lowest BCUT2D eigenvalue weighted by Crippen LogP contribution is -2.13. The largest absolute Gasteiger partial charge is 0.491 e. The van der Waals surface area contributed by atoms with Crippen molar-refractivity contribution in [3.05, 3.63) is 55.0 Å². The third-order valence-electron chi connectivity index (χ3n) is 2.84. The molecule has 3 aromatic rings. The average Bonchev–Trinajstić information content (AvgIpc) is 2.61. The molecule has 3 heterocycles. The third kappa shape index (κ3) is 3.09. The van der Waals surface area contributed by atoms with Crippen LogP contribution in [-0.4, -0.2) is 27.0 Å². The van der Waals surface area contributed by atoms with Crippen LogP contribution in [0.15, 0.2) is 55.0 Å². The number of rotatable bonds is 5. The summed E-state index contributed by atoms with van der Waals surface area (Å²) in [5.41, 5.74) is 6.62. The van der Waals surface area contributed by atoms with Crippen molar-refractivity contribution in [2.75, 3.05) is 18.0 Å². The fourth-order valence-electron chi connectivity index (χ4n) is 1.79. The Morgan fingerprint density at radius 2 is 1.73 bits per heavy atom. The van der Waals surface area contributed by atoms with Gasteiger partial charge < -0.3 is 4.74 Å². The fraction of sp³-hybridized carbons (Fsp3) is 0.0667. The second-order valence-corrected chi connectivity index (χ2v) is 4.29. The first kappa shape index (κ1) is 13.7. The number of hydrogen-bond donors (Lipinski definition) is 2. The van der Waals surface area contributed by atoms with E-state index in [4.69, 9.17) is 4.74 Å². The summed E-state index contributed by atoms with van der Waals surface area (Å²) < 4.78 is 5.26. The number of ether oxygens (including phenoxy) is 1. The van der Waals surface area contributed by atoms with E-state index in [1.807, 2.05) is 36.4 Å². The van der Waals surface area contributed by atoms with Crippen molar-refractivity contribution in [3.8, 4) is 17.3 Å². The molecule has 0 aliphatic rings. The number of aromatic nitrogens is 4. The zero-order valence-corrected chi connectivity index (χ0v) is 11.9. The van der Waals surface area contributed by atoms with Gasteiger partial charge in [-0.05, 0) is 24.3 Å². The minimum atomic E-state index is 0.504. The molecule has 3 aromatic heterocycles. The molecule has 7 heteroatoms. The molecule has 0 aromatic carbocycles. The molecule has 0 spiro atoms. The van der Waals surface area contributed by atoms with Crippen molar-refractivity contribution in [2.45, 2.75) is 0 Å². The maximum atomic E-state index is 5.26. The molecule has 0 atom stereocenters. The van der Waals surface area contributed by atoms with Crippen LogP contribution >= 0.6 is 0 Å². The summed E-state index contributed by atoms with van der Waals surface area (Å²) in [7, 11) is 1.56. The first-order chi connectivity index (χ1) is 10.9. The summed E-state index contributed by atoms with van der Waals surface area (Å²) in [4.78, 5) is 17.1. The number of pyridine rings is 2. The van der Waals surface area contributed by atoms with E-state index in [0.717, 1.165) is 0 Å². The zero-order valence-electron chi connectivity index (χ0n) is 11.9. The highest BCUT2D eigenvalue weighted by Crippen LogP contribution is 2.23. The van der Waals surface area contributed by atoms with Crippen LogP contribution < -0.4 is 15.6 Å². The van der Waals surface area contributed by atoms with Gasteiger partial charge >= 0.3 is 0 Å². The molecule has 0 fully saturated rings. The summed E-state index contributed by atoms with van der Waals surface area (Å²) >= 11 is 0. The van der Waals surface area contributed by atoms with Gasteiger partial charge in [-0.15, -0.1) is 0 Å². The van der Waals surface area contributed by atoms with Gasteiger partial charge in [0.25, 0.3) is 0 Å². The predicted molar refractivity (Wildman–Crippen MR) is 83.3 cm³/mol. The Morgan fingerprint density at radius 3 is 2.41 bits per heavy atom. The maximum absolute atomic E-state index is 5.26.